The number of nitrogens with one attached hydrogen (secondary N) is 1. The van der Waals surface area contributed by atoms with Gasteiger partial charge in [0.1, 0.15) is 0 Å². The third kappa shape index (κ3) is 3.46. The van der Waals surface area contributed by atoms with Crippen LogP contribution >= 0.6 is 0 Å². The molecule has 0 saturated carbocycles. The average Bonchev–Trinajstić information content (AvgIpc) is 3.44. The van der Waals surface area contributed by atoms with Gasteiger partial charge >= 0.3 is 0 Å². The predicted molar refractivity (Wildman–Crippen MR) is 108 cm³/mol. The van der Waals surface area contributed by atoms with E-state index in [4.69, 9.17) is 0 Å². The predicted octanol–water partition coefficient (Wildman–Crippen LogP) is 2.44. The molecule has 9 nitrogen and oxygen atoms in total. The molecule has 4 aromatic rings. The van der Waals surface area contributed by atoms with E-state index in [1.54, 1.807) is 4.68 Å². The first-order valence-electron chi connectivity index (χ1n) is 9.68. The van der Waals surface area contributed by atoms with E-state index in [2.05, 4.69) is 46.7 Å². The van der Waals surface area contributed by atoms with Gasteiger partial charge < -0.3 is 4.90 Å². The molecule has 0 bridgehead atoms. The number of piperidine rings is 1. The number of benzene rings is 1. The van der Waals surface area contributed by atoms with Crippen molar-refractivity contribution in [3.05, 3.63) is 54.5 Å². The molecule has 0 atom stereocenters. The van der Waals surface area contributed by atoms with E-state index >= 15 is 0 Å². The topological polar surface area (TPSA) is 101 Å². The highest BCUT2D eigenvalue weighted by Crippen LogP contribution is 2.30. The molecule has 1 saturated heterocycles. The van der Waals surface area contributed by atoms with Crippen LogP contribution in [0, 0.1) is 0 Å². The van der Waals surface area contributed by atoms with Crippen molar-refractivity contribution in [1.82, 2.24) is 40.4 Å². The zero-order valence-corrected chi connectivity index (χ0v) is 16.1. The largest absolute Gasteiger partial charge is 0.340 e. The highest BCUT2D eigenvalue weighted by molar-refractivity contribution is 5.60. The summed E-state index contributed by atoms with van der Waals surface area (Å²) in [5.41, 5.74) is 3.95. The van der Waals surface area contributed by atoms with Crippen molar-refractivity contribution < 1.29 is 0 Å². The molecule has 3 aromatic heterocycles. The van der Waals surface area contributed by atoms with Crippen molar-refractivity contribution in [3.63, 3.8) is 0 Å². The maximum atomic E-state index is 4.50. The van der Waals surface area contributed by atoms with Crippen LogP contribution in [0.2, 0.25) is 0 Å². The molecule has 0 spiro atoms. The molecule has 146 valence electrons. The number of tetrazole rings is 1. The summed E-state index contributed by atoms with van der Waals surface area (Å²) in [5.74, 6) is 1.98. The molecule has 0 amide bonds. The third-order valence-electron chi connectivity index (χ3n) is 5.39. The molecule has 0 unspecified atom stereocenters. The fourth-order valence-corrected chi connectivity index (χ4v) is 3.77. The van der Waals surface area contributed by atoms with Crippen LogP contribution < -0.4 is 4.90 Å². The Bertz CT molecular complexity index is 1080. The van der Waals surface area contributed by atoms with Gasteiger partial charge in [0.2, 0.25) is 5.95 Å². The van der Waals surface area contributed by atoms with Crippen LogP contribution in [0.3, 0.4) is 0 Å². The van der Waals surface area contributed by atoms with Crippen LogP contribution in [0.25, 0.3) is 22.6 Å². The Morgan fingerprint density at radius 2 is 1.76 bits per heavy atom. The van der Waals surface area contributed by atoms with Crippen molar-refractivity contribution in [2.75, 3.05) is 18.0 Å². The van der Waals surface area contributed by atoms with Crippen LogP contribution in [-0.2, 0) is 7.05 Å². The maximum absolute atomic E-state index is 4.50. The Morgan fingerprint density at radius 3 is 2.45 bits per heavy atom. The van der Waals surface area contributed by atoms with Crippen LogP contribution in [0.15, 0.2) is 48.8 Å². The highest BCUT2D eigenvalue weighted by atomic mass is 15.6. The molecule has 5 rings (SSSR count). The number of H-pyrrole nitrogens is 1. The molecule has 1 fully saturated rings. The van der Waals surface area contributed by atoms with E-state index in [1.165, 1.54) is 0 Å². The summed E-state index contributed by atoms with van der Waals surface area (Å²) in [7, 11) is 1.87. The first-order chi connectivity index (χ1) is 14.3. The molecule has 1 N–H and O–H groups in total. The Morgan fingerprint density at radius 1 is 1.00 bits per heavy atom. The first-order valence-corrected chi connectivity index (χ1v) is 9.68. The number of aryl methyl sites for hydroxylation is 1. The van der Waals surface area contributed by atoms with Gasteiger partial charge in [0.15, 0.2) is 5.82 Å². The minimum absolute atomic E-state index is 0.443. The number of hydrogen-bond acceptors (Lipinski definition) is 7. The first kappa shape index (κ1) is 17.5. The van der Waals surface area contributed by atoms with Gasteiger partial charge in [-0.2, -0.15) is 5.10 Å². The van der Waals surface area contributed by atoms with Gasteiger partial charge in [-0.3, -0.25) is 5.10 Å². The Balaban J connectivity index is 1.27. The van der Waals surface area contributed by atoms with Gasteiger partial charge in [0, 0.05) is 55.3 Å². The van der Waals surface area contributed by atoms with E-state index in [-0.39, 0.29) is 0 Å². The van der Waals surface area contributed by atoms with Crippen molar-refractivity contribution in [2.45, 2.75) is 18.8 Å². The molecule has 0 aliphatic carbocycles. The zero-order valence-electron chi connectivity index (χ0n) is 16.1. The number of anilines is 1. The Labute approximate surface area is 167 Å². The summed E-state index contributed by atoms with van der Waals surface area (Å²) in [6, 6.07) is 12.1. The van der Waals surface area contributed by atoms with Crippen molar-refractivity contribution in [2.24, 2.45) is 7.05 Å². The smallest absolute Gasteiger partial charge is 0.245 e. The second kappa shape index (κ2) is 7.42. The molecule has 1 aliphatic rings. The van der Waals surface area contributed by atoms with E-state index in [0.29, 0.717) is 5.92 Å². The summed E-state index contributed by atoms with van der Waals surface area (Å²) in [6.45, 7) is 1.84. The van der Waals surface area contributed by atoms with Crippen molar-refractivity contribution in [1.29, 1.82) is 0 Å². The molecule has 29 heavy (non-hydrogen) atoms. The quantitative estimate of drug-likeness (QED) is 0.574. The summed E-state index contributed by atoms with van der Waals surface area (Å²) >= 11 is 0. The van der Waals surface area contributed by atoms with Gasteiger partial charge in [0.25, 0.3) is 0 Å². The summed E-state index contributed by atoms with van der Waals surface area (Å²) in [6.07, 6.45) is 5.72. The molecule has 9 heteroatoms. The number of aromatic nitrogens is 8. The number of aromatic amines is 1. The van der Waals surface area contributed by atoms with Crippen LogP contribution in [0.5, 0.6) is 0 Å². The number of hydrogen-bond donors (Lipinski definition) is 1. The summed E-state index contributed by atoms with van der Waals surface area (Å²) in [5, 5.41) is 19.5. The number of nitrogens with zero attached hydrogens (tertiary/aromatic N) is 8. The molecule has 1 aliphatic heterocycles. The zero-order chi connectivity index (χ0) is 19.6. The van der Waals surface area contributed by atoms with Crippen LogP contribution in [0.1, 0.15) is 24.5 Å². The molecule has 0 radical (unpaired) electrons. The van der Waals surface area contributed by atoms with Crippen molar-refractivity contribution in [3.8, 4) is 22.6 Å². The SMILES string of the molecule is Cn1nnnc1N1CCC(c2cc(-c3cnc(-c4ccccc4)nc3)n[nH]2)CC1. The molecular formula is C20H21N9. The second-order valence-electron chi connectivity index (χ2n) is 7.23. The van der Waals surface area contributed by atoms with E-state index in [1.807, 2.05) is 49.8 Å². The molecule has 4 heterocycles. The van der Waals surface area contributed by atoms with Gasteiger partial charge in [-0.15, -0.1) is 0 Å². The minimum Gasteiger partial charge on any atom is -0.340 e. The summed E-state index contributed by atoms with van der Waals surface area (Å²) in [4.78, 5) is 11.2. The lowest BCUT2D eigenvalue weighted by molar-refractivity contribution is 0.485. The van der Waals surface area contributed by atoms with Gasteiger partial charge in [-0.25, -0.2) is 14.6 Å². The fourth-order valence-electron chi connectivity index (χ4n) is 3.77. The normalized spacial score (nSPS) is 15.0. The van der Waals surface area contributed by atoms with Gasteiger partial charge in [0.05, 0.1) is 5.69 Å². The van der Waals surface area contributed by atoms with Crippen LogP contribution in [0.4, 0.5) is 5.95 Å². The number of rotatable bonds is 4. The average molecular weight is 387 g/mol. The second-order valence-corrected chi connectivity index (χ2v) is 7.23. The molecule has 1 aromatic carbocycles. The lowest BCUT2D eigenvalue weighted by Crippen LogP contribution is -2.34. The van der Waals surface area contributed by atoms with E-state index in [0.717, 1.165) is 60.2 Å². The standard InChI is InChI=1S/C20H21N9/c1-28-20(25-26-27-28)29-9-7-14(8-10-29)17-11-18(24-23-17)16-12-21-19(22-13-16)15-5-3-2-4-6-15/h2-6,11-14H,7-10H2,1H3,(H,23,24). The van der Waals surface area contributed by atoms with E-state index < -0.39 is 0 Å². The van der Waals surface area contributed by atoms with Crippen molar-refractivity contribution >= 4 is 5.95 Å². The van der Waals surface area contributed by atoms with E-state index in [9.17, 15) is 0 Å². The lowest BCUT2D eigenvalue weighted by Gasteiger charge is -2.31. The maximum Gasteiger partial charge on any atom is 0.245 e. The molecular weight excluding hydrogens is 366 g/mol. The minimum atomic E-state index is 0.443. The highest BCUT2D eigenvalue weighted by Gasteiger charge is 2.25. The third-order valence-corrected chi connectivity index (χ3v) is 5.39. The monoisotopic (exact) mass is 387 g/mol. The fraction of sp³-hybridized carbons (Fsp3) is 0.300. The van der Waals surface area contributed by atoms with Gasteiger partial charge in [-0.05, 0) is 29.3 Å². The Hall–Kier alpha value is -3.62. The van der Waals surface area contributed by atoms with Crippen LogP contribution in [-0.4, -0.2) is 53.5 Å². The lowest BCUT2D eigenvalue weighted by atomic mass is 9.93. The van der Waals surface area contributed by atoms with Gasteiger partial charge in [-0.1, -0.05) is 35.4 Å². The summed E-state index contributed by atoms with van der Waals surface area (Å²) < 4.78 is 1.72. The Kier molecular flexibility index (Phi) is 4.47.